The number of esters is 1. The summed E-state index contributed by atoms with van der Waals surface area (Å²) in [7, 11) is 0. The van der Waals surface area contributed by atoms with Crippen molar-refractivity contribution in [2.75, 3.05) is 5.32 Å². The van der Waals surface area contributed by atoms with Gasteiger partial charge in [0.2, 0.25) is 5.91 Å². The minimum atomic E-state index is -1.08. The van der Waals surface area contributed by atoms with E-state index in [4.69, 9.17) is 4.74 Å². The Hall–Kier alpha value is -2.90. The van der Waals surface area contributed by atoms with Gasteiger partial charge in [-0.25, -0.2) is 4.79 Å². The van der Waals surface area contributed by atoms with Gasteiger partial charge in [0.1, 0.15) is 0 Å². The number of anilines is 1. The summed E-state index contributed by atoms with van der Waals surface area (Å²) >= 11 is 0. The fraction of sp³-hybridized carbons (Fsp3) is 0.474. The maximum atomic E-state index is 12.0. The van der Waals surface area contributed by atoms with Crippen molar-refractivity contribution in [3.8, 4) is 0 Å². The Bertz CT molecular complexity index is 696. The van der Waals surface area contributed by atoms with Crippen LogP contribution in [0, 0.1) is 0 Å². The van der Waals surface area contributed by atoms with Gasteiger partial charge in [0.05, 0.1) is 6.42 Å². The first-order valence-corrected chi connectivity index (χ1v) is 9.01. The molecule has 0 aromatic heterocycles. The molecule has 1 aromatic carbocycles. The predicted octanol–water partition coefficient (Wildman–Crippen LogP) is 1.89. The van der Waals surface area contributed by atoms with E-state index in [0.717, 1.165) is 25.7 Å². The van der Waals surface area contributed by atoms with E-state index in [1.807, 2.05) is 0 Å². The lowest BCUT2D eigenvalue weighted by molar-refractivity contribution is -0.153. The Morgan fingerprint density at radius 3 is 2.33 bits per heavy atom. The molecule has 1 aliphatic carbocycles. The zero-order valence-corrected chi connectivity index (χ0v) is 15.5. The van der Waals surface area contributed by atoms with E-state index < -0.39 is 24.0 Å². The van der Waals surface area contributed by atoms with Crippen molar-refractivity contribution in [2.45, 2.75) is 58.1 Å². The van der Waals surface area contributed by atoms with Crippen molar-refractivity contribution in [3.05, 3.63) is 29.8 Å². The molecule has 0 unspecified atom stereocenters. The molecule has 146 valence electrons. The van der Waals surface area contributed by atoms with Crippen molar-refractivity contribution in [2.24, 2.45) is 0 Å². The van der Waals surface area contributed by atoms with Crippen LogP contribution in [-0.2, 0) is 25.5 Å². The first-order valence-electron chi connectivity index (χ1n) is 9.01. The molecule has 1 fully saturated rings. The molecule has 1 saturated carbocycles. The van der Waals surface area contributed by atoms with Crippen molar-refractivity contribution >= 4 is 29.5 Å². The van der Waals surface area contributed by atoms with Gasteiger partial charge < -0.3 is 15.4 Å². The van der Waals surface area contributed by atoms with Gasteiger partial charge in [0, 0.05) is 18.7 Å². The number of hydrogen-bond donors (Lipinski definition) is 3. The Labute approximate surface area is 158 Å². The highest BCUT2D eigenvalue weighted by atomic mass is 16.5. The Morgan fingerprint density at radius 2 is 1.74 bits per heavy atom. The lowest BCUT2D eigenvalue weighted by atomic mass is 10.1. The minimum absolute atomic E-state index is 0.0216. The molecule has 0 heterocycles. The van der Waals surface area contributed by atoms with E-state index in [-0.39, 0.29) is 18.4 Å². The average molecular weight is 375 g/mol. The Morgan fingerprint density at radius 1 is 1.11 bits per heavy atom. The average Bonchev–Trinajstić information content (AvgIpc) is 3.08. The quantitative estimate of drug-likeness (QED) is 0.657. The molecule has 1 atom stereocenters. The first-order chi connectivity index (χ1) is 12.8. The summed E-state index contributed by atoms with van der Waals surface area (Å²) in [6, 6.07) is 6.25. The highest BCUT2D eigenvalue weighted by Gasteiger charge is 2.22. The summed E-state index contributed by atoms with van der Waals surface area (Å²) in [6.45, 7) is 2.82. The van der Waals surface area contributed by atoms with Crippen LogP contribution < -0.4 is 16.0 Å². The van der Waals surface area contributed by atoms with Crippen LogP contribution in [0.4, 0.5) is 10.5 Å². The van der Waals surface area contributed by atoms with Gasteiger partial charge in [0.25, 0.3) is 5.91 Å². The number of nitrogens with one attached hydrogen (secondary N) is 3. The summed E-state index contributed by atoms with van der Waals surface area (Å²) in [6.07, 6.45) is 2.86. The van der Waals surface area contributed by atoms with E-state index in [2.05, 4.69) is 16.0 Å². The lowest BCUT2D eigenvalue weighted by Crippen LogP contribution is -2.47. The normalized spacial score (nSPS) is 14.9. The van der Waals surface area contributed by atoms with Gasteiger partial charge >= 0.3 is 12.0 Å². The third kappa shape index (κ3) is 7.08. The second kappa shape index (κ2) is 9.70. The SMILES string of the molecule is CC(=O)Nc1ccc(CC(=O)O[C@H](C)C(=O)NC(=O)NC2CCCC2)cc1. The summed E-state index contributed by atoms with van der Waals surface area (Å²) < 4.78 is 5.08. The molecule has 4 amide bonds. The van der Waals surface area contributed by atoms with Crippen LogP contribution in [0.3, 0.4) is 0 Å². The van der Waals surface area contributed by atoms with Crippen LogP contribution in [0.5, 0.6) is 0 Å². The third-order valence-electron chi connectivity index (χ3n) is 4.23. The topological polar surface area (TPSA) is 114 Å². The molecular weight excluding hydrogens is 350 g/mol. The van der Waals surface area contributed by atoms with Gasteiger partial charge in [-0.3, -0.25) is 19.7 Å². The molecule has 0 saturated heterocycles. The van der Waals surface area contributed by atoms with Crippen LogP contribution in [0.2, 0.25) is 0 Å². The minimum Gasteiger partial charge on any atom is -0.452 e. The van der Waals surface area contributed by atoms with Crippen LogP contribution >= 0.6 is 0 Å². The van der Waals surface area contributed by atoms with Gasteiger partial charge in [-0.05, 0) is 37.5 Å². The van der Waals surface area contributed by atoms with Crippen LogP contribution in [0.1, 0.15) is 45.1 Å². The molecule has 1 aromatic rings. The number of carbonyl (C=O) groups is 4. The molecule has 8 heteroatoms. The summed E-state index contributed by atoms with van der Waals surface area (Å²) in [5.41, 5.74) is 1.31. The van der Waals surface area contributed by atoms with Crippen molar-refractivity contribution < 1.29 is 23.9 Å². The molecule has 0 spiro atoms. The van der Waals surface area contributed by atoms with Crippen LogP contribution in [0.25, 0.3) is 0 Å². The molecule has 3 N–H and O–H groups in total. The number of rotatable bonds is 6. The maximum absolute atomic E-state index is 12.0. The summed E-state index contributed by atoms with van der Waals surface area (Å²) in [5, 5.41) is 7.56. The second-order valence-corrected chi connectivity index (χ2v) is 6.63. The van der Waals surface area contributed by atoms with Gasteiger partial charge in [0.15, 0.2) is 6.10 Å². The van der Waals surface area contributed by atoms with E-state index in [0.29, 0.717) is 11.3 Å². The second-order valence-electron chi connectivity index (χ2n) is 6.63. The van der Waals surface area contributed by atoms with Crippen LogP contribution in [0.15, 0.2) is 24.3 Å². The first kappa shape index (κ1) is 20.4. The fourth-order valence-corrected chi connectivity index (χ4v) is 2.87. The zero-order valence-electron chi connectivity index (χ0n) is 15.5. The summed E-state index contributed by atoms with van der Waals surface area (Å²) in [4.78, 5) is 46.7. The largest absolute Gasteiger partial charge is 0.452 e. The predicted molar refractivity (Wildman–Crippen MR) is 98.9 cm³/mol. The number of benzene rings is 1. The monoisotopic (exact) mass is 375 g/mol. The van der Waals surface area contributed by atoms with Gasteiger partial charge in [-0.1, -0.05) is 25.0 Å². The van der Waals surface area contributed by atoms with Crippen molar-refractivity contribution in [1.82, 2.24) is 10.6 Å². The third-order valence-corrected chi connectivity index (χ3v) is 4.23. The van der Waals surface area contributed by atoms with Crippen molar-refractivity contribution in [1.29, 1.82) is 0 Å². The van der Waals surface area contributed by atoms with E-state index >= 15 is 0 Å². The number of urea groups is 1. The smallest absolute Gasteiger partial charge is 0.321 e. The molecule has 0 radical (unpaired) electrons. The molecule has 0 aliphatic heterocycles. The number of imide groups is 1. The van der Waals surface area contributed by atoms with Crippen LogP contribution in [-0.4, -0.2) is 36.0 Å². The maximum Gasteiger partial charge on any atom is 0.321 e. The van der Waals surface area contributed by atoms with Crippen molar-refractivity contribution in [3.63, 3.8) is 0 Å². The van der Waals surface area contributed by atoms with E-state index in [9.17, 15) is 19.2 Å². The molecular formula is C19H25N3O5. The zero-order chi connectivity index (χ0) is 19.8. The molecule has 27 heavy (non-hydrogen) atoms. The number of hydrogen-bond acceptors (Lipinski definition) is 5. The fourth-order valence-electron chi connectivity index (χ4n) is 2.87. The number of amides is 4. The lowest BCUT2D eigenvalue weighted by Gasteiger charge is -2.15. The highest BCUT2D eigenvalue weighted by molar-refractivity contribution is 5.97. The number of carbonyl (C=O) groups excluding carboxylic acids is 4. The molecule has 0 bridgehead atoms. The van der Waals surface area contributed by atoms with E-state index in [1.165, 1.54) is 13.8 Å². The van der Waals surface area contributed by atoms with E-state index in [1.54, 1.807) is 24.3 Å². The van der Waals surface area contributed by atoms with Gasteiger partial charge in [-0.15, -0.1) is 0 Å². The number of ether oxygens (including phenoxy) is 1. The summed E-state index contributed by atoms with van der Waals surface area (Å²) in [5.74, 6) is -1.43. The molecule has 2 rings (SSSR count). The van der Waals surface area contributed by atoms with Gasteiger partial charge in [-0.2, -0.15) is 0 Å². The standard InChI is InChI=1S/C19H25N3O5/c1-12(18(25)22-19(26)21-15-5-3-4-6-15)27-17(24)11-14-7-9-16(10-8-14)20-13(2)23/h7-10,12,15H,3-6,11H2,1-2H3,(H,20,23)(H2,21,22,25,26)/t12-/m1/s1. The molecule has 1 aliphatic rings. The Balaban J connectivity index is 1.75. The highest BCUT2D eigenvalue weighted by Crippen LogP contribution is 2.17. The molecule has 8 nitrogen and oxygen atoms in total. The Kier molecular flexibility index (Phi) is 7.34.